The van der Waals surface area contributed by atoms with Gasteiger partial charge in [0.05, 0.1) is 18.1 Å². The number of rotatable bonds is 4. The van der Waals surface area contributed by atoms with E-state index in [-0.39, 0.29) is 22.4 Å². The Hall–Kier alpha value is -2.04. The predicted molar refractivity (Wildman–Crippen MR) is 97.8 cm³/mol. The minimum absolute atomic E-state index is 0.0832. The lowest BCUT2D eigenvalue weighted by Crippen LogP contribution is -2.42. The predicted octanol–water partition coefficient (Wildman–Crippen LogP) is 2.00. The highest BCUT2D eigenvalue weighted by Crippen LogP contribution is 2.22. The summed E-state index contributed by atoms with van der Waals surface area (Å²) in [6, 6.07) is 2.69. The molecule has 7 nitrogen and oxygen atoms in total. The van der Waals surface area contributed by atoms with Crippen LogP contribution in [0.15, 0.2) is 29.2 Å². The van der Waals surface area contributed by atoms with E-state index in [1.165, 1.54) is 10.5 Å². The van der Waals surface area contributed by atoms with Gasteiger partial charge in [-0.25, -0.2) is 21.5 Å². The standard InChI is InChI=1S/C16H17ClF2N4O3S/c1-27(25,26)22-6-4-11(5-7-22)21-13-9-20-23(16(24)15(13)17)14-3-2-10(18)8-12(14)19/h2-3,8-9,11,21H,4-7H2,1H3. The van der Waals surface area contributed by atoms with Crippen LogP contribution in [0.3, 0.4) is 0 Å². The van der Waals surface area contributed by atoms with Crippen molar-refractivity contribution in [1.29, 1.82) is 0 Å². The van der Waals surface area contributed by atoms with Gasteiger partial charge in [0, 0.05) is 25.2 Å². The van der Waals surface area contributed by atoms with Gasteiger partial charge in [0.15, 0.2) is 5.82 Å². The summed E-state index contributed by atoms with van der Waals surface area (Å²) in [4.78, 5) is 12.4. The Kier molecular flexibility index (Phi) is 5.50. The van der Waals surface area contributed by atoms with E-state index in [1.54, 1.807) is 0 Å². The van der Waals surface area contributed by atoms with Crippen LogP contribution < -0.4 is 10.9 Å². The lowest BCUT2D eigenvalue weighted by molar-refractivity contribution is 0.332. The first-order valence-corrected chi connectivity index (χ1v) is 10.3. The maximum absolute atomic E-state index is 13.9. The molecule has 0 unspecified atom stereocenters. The molecule has 27 heavy (non-hydrogen) atoms. The van der Waals surface area contributed by atoms with Crippen LogP contribution in [0.1, 0.15) is 12.8 Å². The van der Waals surface area contributed by atoms with Crippen molar-refractivity contribution in [1.82, 2.24) is 14.1 Å². The molecule has 0 bridgehead atoms. The van der Waals surface area contributed by atoms with E-state index in [1.807, 2.05) is 0 Å². The Labute approximate surface area is 159 Å². The molecule has 2 aromatic rings. The van der Waals surface area contributed by atoms with Crippen LogP contribution in [0, 0.1) is 11.6 Å². The van der Waals surface area contributed by atoms with Crippen LogP contribution >= 0.6 is 11.6 Å². The molecule has 0 radical (unpaired) electrons. The van der Waals surface area contributed by atoms with Gasteiger partial charge in [-0.15, -0.1) is 0 Å². The van der Waals surface area contributed by atoms with Gasteiger partial charge in [0.1, 0.15) is 16.5 Å². The second-order valence-electron chi connectivity index (χ2n) is 6.27. The van der Waals surface area contributed by atoms with Crippen LogP contribution in [-0.4, -0.2) is 47.9 Å². The molecule has 3 rings (SSSR count). The van der Waals surface area contributed by atoms with Crippen molar-refractivity contribution in [2.45, 2.75) is 18.9 Å². The van der Waals surface area contributed by atoms with Crippen molar-refractivity contribution >= 4 is 27.3 Å². The van der Waals surface area contributed by atoms with E-state index in [9.17, 15) is 22.0 Å². The Balaban J connectivity index is 1.79. The molecular formula is C16H17ClF2N4O3S. The highest BCUT2D eigenvalue weighted by atomic mass is 35.5. The number of nitrogens with zero attached hydrogens (tertiary/aromatic N) is 3. The fourth-order valence-corrected chi connectivity index (χ4v) is 3.97. The maximum atomic E-state index is 13.9. The number of hydrogen-bond donors (Lipinski definition) is 1. The molecule has 1 saturated heterocycles. The quantitative estimate of drug-likeness (QED) is 0.821. The number of aromatic nitrogens is 2. The molecule has 146 valence electrons. The number of hydrogen-bond acceptors (Lipinski definition) is 5. The Morgan fingerprint density at radius 1 is 1.26 bits per heavy atom. The maximum Gasteiger partial charge on any atom is 0.292 e. The van der Waals surface area contributed by atoms with Crippen molar-refractivity contribution in [2.75, 3.05) is 24.7 Å². The first kappa shape index (κ1) is 19.7. The molecule has 2 heterocycles. The van der Waals surface area contributed by atoms with Gasteiger partial charge in [-0.05, 0) is 25.0 Å². The highest BCUT2D eigenvalue weighted by Gasteiger charge is 2.25. The number of halogens is 3. The van der Waals surface area contributed by atoms with Crippen LogP contribution in [0.2, 0.25) is 5.02 Å². The number of piperidine rings is 1. The van der Waals surface area contributed by atoms with Gasteiger partial charge in [0.25, 0.3) is 5.56 Å². The third kappa shape index (κ3) is 4.28. The zero-order valence-corrected chi connectivity index (χ0v) is 15.9. The third-order valence-corrected chi connectivity index (χ3v) is 6.01. The normalized spacial score (nSPS) is 16.4. The second-order valence-corrected chi connectivity index (χ2v) is 8.63. The van der Waals surface area contributed by atoms with Gasteiger partial charge in [0.2, 0.25) is 10.0 Å². The summed E-state index contributed by atoms with van der Waals surface area (Å²) in [5, 5.41) is 6.81. The first-order chi connectivity index (χ1) is 12.7. The summed E-state index contributed by atoms with van der Waals surface area (Å²) in [6.07, 6.45) is 3.53. The molecule has 1 N–H and O–H groups in total. The molecule has 0 aliphatic carbocycles. The summed E-state index contributed by atoms with van der Waals surface area (Å²) < 4.78 is 52.2. The molecule has 11 heteroatoms. The topological polar surface area (TPSA) is 84.3 Å². The molecule has 1 fully saturated rings. The van der Waals surface area contributed by atoms with Crippen LogP contribution in [0.4, 0.5) is 14.5 Å². The SMILES string of the molecule is CS(=O)(=O)N1CCC(Nc2cnn(-c3ccc(F)cc3F)c(=O)c2Cl)CC1. The summed E-state index contributed by atoms with van der Waals surface area (Å²) in [7, 11) is -3.23. The van der Waals surface area contributed by atoms with E-state index >= 15 is 0 Å². The lowest BCUT2D eigenvalue weighted by atomic mass is 10.1. The minimum atomic E-state index is -3.23. The van der Waals surface area contributed by atoms with Gasteiger partial charge < -0.3 is 5.32 Å². The molecule has 0 saturated carbocycles. The lowest BCUT2D eigenvalue weighted by Gasteiger charge is -2.31. The molecule has 0 atom stereocenters. The third-order valence-electron chi connectivity index (χ3n) is 4.34. The summed E-state index contributed by atoms with van der Waals surface area (Å²) >= 11 is 6.11. The molecule has 1 aromatic carbocycles. The summed E-state index contributed by atoms with van der Waals surface area (Å²) in [5.41, 5.74) is -0.685. The minimum Gasteiger partial charge on any atom is -0.380 e. The monoisotopic (exact) mass is 418 g/mol. The Morgan fingerprint density at radius 2 is 1.93 bits per heavy atom. The van der Waals surface area contributed by atoms with Gasteiger partial charge in [-0.3, -0.25) is 4.79 Å². The largest absolute Gasteiger partial charge is 0.380 e. The molecule has 0 spiro atoms. The molecule has 1 aliphatic rings. The number of anilines is 1. The number of benzene rings is 1. The van der Waals surface area contributed by atoms with E-state index in [0.29, 0.717) is 32.0 Å². The van der Waals surface area contributed by atoms with E-state index in [0.717, 1.165) is 23.1 Å². The van der Waals surface area contributed by atoms with Crippen molar-refractivity contribution in [2.24, 2.45) is 0 Å². The average Bonchev–Trinajstić information content (AvgIpc) is 2.60. The summed E-state index contributed by atoms with van der Waals surface area (Å²) in [6.45, 7) is 0.721. The van der Waals surface area contributed by atoms with Crippen molar-refractivity contribution in [3.05, 3.63) is 51.4 Å². The number of sulfonamides is 1. The molecular weight excluding hydrogens is 402 g/mol. The smallest absolute Gasteiger partial charge is 0.292 e. The average molecular weight is 419 g/mol. The van der Waals surface area contributed by atoms with Gasteiger partial charge in [-0.1, -0.05) is 11.6 Å². The molecule has 1 aliphatic heterocycles. The number of nitrogens with one attached hydrogen (secondary N) is 1. The van der Waals surface area contributed by atoms with E-state index in [2.05, 4.69) is 10.4 Å². The van der Waals surface area contributed by atoms with Gasteiger partial charge >= 0.3 is 0 Å². The van der Waals surface area contributed by atoms with Crippen LogP contribution in [0.25, 0.3) is 5.69 Å². The van der Waals surface area contributed by atoms with Crippen LogP contribution in [-0.2, 0) is 10.0 Å². The first-order valence-electron chi connectivity index (χ1n) is 8.11. The van der Waals surface area contributed by atoms with Crippen molar-refractivity contribution < 1.29 is 17.2 Å². The summed E-state index contributed by atoms with van der Waals surface area (Å²) in [5.74, 6) is -1.70. The zero-order chi connectivity index (χ0) is 19.8. The van der Waals surface area contributed by atoms with E-state index in [4.69, 9.17) is 11.6 Å². The van der Waals surface area contributed by atoms with E-state index < -0.39 is 27.2 Å². The van der Waals surface area contributed by atoms with Crippen molar-refractivity contribution in [3.63, 3.8) is 0 Å². The molecule has 0 amide bonds. The fraction of sp³-hybridized carbons (Fsp3) is 0.375. The van der Waals surface area contributed by atoms with Crippen molar-refractivity contribution in [3.8, 4) is 5.69 Å². The highest BCUT2D eigenvalue weighted by molar-refractivity contribution is 7.88. The van der Waals surface area contributed by atoms with Crippen LogP contribution in [0.5, 0.6) is 0 Å². The van der Waals surface area contributed by atoms with Gasteiger partial charge in [-0.2, -0.15) is 9.78 Å². The zero-order valence-electron chi connectivity index (χ0n) is 14.3. The molecule has 1 aromatic heterocycles. The Morgan fingerprint density at radius 3 is 2.52 bits per heavy atom. The fourth-order valence-electron chi connectivity index (χ4n) is 2.91. The Bertz CT molecular complexity index is 1020. The second kappa shape index (κ2) is 7.53.